The Bertz CT molecular complexity index is 2000. The van der Waals surface area contributed by atoms with Gasteiger partial charge in [-0.1, -0.05) is 6.55 Å². The first-order chi connectivity index (χ1) is 49.2. The van der Waals surface area contributed by atoms with E-state index >= 15 is 0 Å². The molecule has 0 bridgehead atoms. The molecule has 0 aromatic carbocycles. The molecule has 0 saturated heterocycles. The Hall–Kier alpha value is 2.09. The fraction of sp³-hybridized carbons (Fsp3) is 1.00. The van der Waals surface area contributed by atoms with Crippen molar-refractivity contribution >= 4 is 131 Å². The predicted octanol–water partition coefficient (Wildman–Crippen LogP) is 9.39. The molecule has 0 fully saturated rings. The van der Waals surface area contributed by atoms with Gasteiger partial charge in [-0.2, -0.15) is 0 Å². The molecule has 0 amide bonds. The summed E-state index contributed by atoms with van der Waals surface area (Å²) < 4.78 is 136. The fourth-order valence-corrected chi connectivity index (χ4v) is 62.6. The van der Waals surface area contributed by atoms with Crippen LogP contribution in [-0.4, -0.2) is 321 Å². The quantitative estimate of drug-likeness (QED) is 0.0187. The first kappa shape index (κ1) is 114. The van der Waals surface area contributed by atoms with Gasteiger partial charge >= 0.3 is 60.4 Å². The van der Waals surface area contributed by atoms with Crippen LogP contribution < -0.4 is 0 Å². The van der Waals surface area contributed by atoms with Crippen LogP contribution in [0.2, 0.25) is 200 Å². The van der Waals surface area contributed by atoms with E-state index in [0.29, 0.717) is 85.9 Å². The van der Waals surface area contributed by atoms with Gasteiger partial charge in [0, 0.05) is 66.5 Å². The predicted molar refractivity (Wildman–Crippen MR) is 458 cm³/mol. The van der Waals surface area contributed by atoms with Crippen LogP contribution >= 0.6 is 0 Å². The molecule has 29 nitrogen and oxygen atoms in total. The number of hydrogen-bond donors (Lipinski definition) is 6. The second-order valence-electron chi connectivity index (χ2n) is 30.7. The lowest BCUT2D eigenvalue weighted by atomic mass is 10.3. The third-order valence-electron chi connectivity index (χ3n) is 14.2. The SMILES string of the molecule is COCO[Si@](C)(OCO[SiH](C)C)O[Si](C)(C)O[SiH](C)C.C[SiH2]O[Si](C)(C)O[SiH](C)C.C[Si](C)(CCCOCCO)OCO[Si@@](C)(OCOCCCCOCCO)O[Si](C)(C)O[Si](C)(C)CCCOCCO.C[Si](C)(CCCOCCO)O[Si](C)(C)O[Si](C)(CCCOCCO)O[Si](C)(C)CCCOCCO. The Morgan fingerprint density at radius 3 is 0.962 bits per heavy atom. The maximum Gasteiger partial charge on any atom is 0.492 e. The van der Waals surface area contributed by atoms with Gasteiger partial charge in [0.1, 0.15) is 36.9 Å². The Kier molecular flexibility index (Phi) is 70.2. The van der Waals surface area contributed by atoms with Crippen LogP contribution in [0.4, 0.5) is 0 Å². The van der Waals surface area contributed by atoms with E-state index in [-0.39, 0.29) is 76.6 Å². The van der Waals surface area contributed by atoms with Crippen molar-refractivity contribution < 1.29 is 132 Å². The molecule has 0 aliphatic rings. The topological polar surface area (TPSA) is 334 Å². The van der Waals surface area contributed by atoms with Gasteiger partial charge in [-0.15, -0.1) is 0 Å². The normalized spacial score (nSPS) is 14.8. The Balaban J connectivity index is -0.000000719. The van der Waals surface area contributed by atoms with Crippen LogP contribution in [0.1, 0.15) is 44.9 Å². The van der Waals surface area contributed by atoms with Gasteiger partial charge in [0.05, 0.1) is 79.3 Å². The van der Waals surface area contributed by atoms with Gasteiger partial charge in [0.2, 0.25) is 0 Å². The van der Waals surface area contributed by atoms with Crippen molar-refractivity contribution in [1.29, 1.82) is 0 Å². The van der Waals surface area contributed by atoms with Gasteiger partial charge in [-0.05, 0) is 226 Å². The zero-order chi connectivity index (χ0) is 82.0. The molecule has 0 aromatic heterocycles. The molecule has 0 aromatic rings. The molecule has 0 aliphatic carbocycles. The number of ether oxygens (including phenoxy) is 8. The van der Waals surface area contributed by atoms with Crippen LogP contribution in [-0.2, 0) is 101 Å². The Morgan fingerprint density at radius 2 is 0.594 bits per heavy atom. The van der Waals surface area contributed by atoms with Gasteiger partial charge in [0.25, 0.3) is 0 Å². The second-order valence-corrected chi connectivity index (χ2v) is 80.8. The van der Waals surface area contributed by atoms with Crippen LogP contribution in [0, 0.1) is 0 Å². The van der Waals surface area contributed by atoms with E-state index in [2.05, 4.69) is 131 Å². The van der Waals surface area contributed by atoms with Crippen LogP contribution in [0.15, 0.2) is 0 Å². The summed E-state index contributed by atoms with van der Waals surface area (Å²) in [5, 5.41) is 53.2. The lowest BCUT2D eigenvalue weighted by Gasteiger charge is -2.42. The van der Waals surface area contributed by atoms with E-state index in [1.165, 1.54) is 0 Å². The van der Waals surface area contributed by atoms with Crippen molar-refractivity contribution in [2.24, 2.45) is 0 Å². The number of rotatable bonds is 69. The second kappa shape index (κ2) is 65.1. The van der Waals surface area contributed by atoms with E-state index in [0.717, 1.165) is 75.2 Å². The molecule has 644 valence electrons. The van der Waals surface area contributed by atoms with Crippen molar-refractivity contribution in [3.63, 3.8) is 0 Å². The summed E-state index contributed by atoms with van der Waals surface area (Å²) in [5.74, 6) is 0. The van der Waals surface area contributed by atoms with Crippen molar-refractivity contribution in [2.45, 2.75) is 245 Å². The molecular formula is C62H162O29Si15. The van der Waals surface area contributed by atoms with Crippen LogP contribution in [0.3, 0.4) is 0 Å². The first-order valence-electron chi connectivity index (χ1n) is 38.4. The number of unbranched alkanes of at least 4 members (excludes halogenated alkanes) is 1. The third-order valence-corrected chi connectivity index (χ3v) is 61.1. The molecule has 6 N–H and O–H groups in total. The Morgan fingerprint density at radius 1 is 0.283 bits per heavy atom. The number of aliphatic hydroxyl groups is 6. The van der Waals surface area contributed by atoms with E-state index in [1.54, 1.807) is 7.11 Å². The highest BCUT2D eigenvalue weighted by Gasteiger charge is 2.48. The van der Waals surface area contributed by atoms with E-state index in [1.807, 2.05) is 39.3 Å². The minimum atomic E-state index is -3.19. The molecule has 0 radical (unpaired) electrons. The summed E-state index contributed by atoms with van der Waals surface area (Å²) in [4.78, 5) is 0. The minimum Gasteiger partial charge on any atom is -0.442 e. The van der Waals surface area contributed by atoms with E-state index < -0.39 is 121 Å². The molecular weight excluding hydrogens is 1630 g/mol. The van der Waals surface area contributed by atoms with Crippen LogP contribution in [0.5, 0.6) is 0 Å². The molecule has 44 heteroatoms. The highest BCUT2D eigenvalue weighted by Crippen LogP contribution is 2.32. The van der Waals surface area contributed by atoms with Gasteiger partial charge in [0.15, 0.2) is 60.4 Å². The van der Waals surface area contributed by atoms with Crippen molar-refractivity contribution in [2.75, 3.05) is 160 Å². The number of aliphatic hydroxyl groups excluding tert-OH is 6. The average Bonchev–Trinajstić information content (AvgIpc) is 0.821. The zero-order valence-electron chi connectivity index (χ0n) is 71.8. The molecule has 0 aliphatic heterocycles. The molecule has 1 unspecified atom stereocenters. The van der Waals surface area contributed by atoms with Crippen molar-refractivity contribution in [3.05, 3.63) is 0 Å². The smallest absolute Gasteiger partial charge is 0.442 e. The van der Waals surface area contributed by atoms with Gasteiger partial charge in [-0.25, -0.2) is 0 Å². The molecule has 106 heavy (non-hydrogen) atoms. The summed E-state index contributed by atoms with van der Waals surface area (Å²) in [7, 11) is -27.5. The highest BCUT2D eigenvalue weighted by atomic mass is 28.5. The molecule has 0 rings (SSSR count). The summed E-state index contributed by atoms with van der Waals surface area (Å²) in [6.45, 7) is 61.9. The van der Waals surface area contributed by atoms with Crippen molar-refractivity contribution in [1.82, 2.24) is 0 Å². The summed E-state index contributed by atoms with van der Waals surface area (Å²) >= 11 is 0. The monoisotopic (exact) mass is 1790 g/mol. The Labute approximate surface area is 663 Å². The molecule has 3 atom stereocenters. The maximum absolute atomic E-state index is 8.97. The van der Waals surface area contributed by atoms with Gasteiger partial charge < -0.3 is 132 Å². The lowest BCUT2D eigenvalue weighted by molar-refractivity contribution is -0.0466. The number of hydrogen-bond acceptors (Lipinski definition) is 29. The molecule has 0 spiro atoms. The lowest BCUT2D eigenvalue weighted by Crippen LogP contribution is -2.57. The van der Waals surface area contributed by atoms with Crippen LogP contribution in [0.25, 0.3) is 0 Å². The standard InChI is InChI=1S/C25H60O12Si4.C22H54O9Si4.C10H30O6Si4.C5H18O2Si3/c1-38(2,22-10-17-30-20-13-27)33-25-35-41(7,34-24-32-16-9-8-15-29-19-12-26)37-40(5,6)36-39(3,4)23-11-18-31-21-14-28;1-32(2,20-8-14-26-17-11-23)29-34(5,6)31-35(7,22-10-16-28-19-13-25)30-33(3,4)21-9-15-27-18-12-24;1-11-9-13-20(8,14-10-12-17(2)3)16-19(6,7)15-18(4)5;1-8-6-10(4,5)7-9(2)3/h26-28H,8-25H2,1-7H3;23-25H,8-22H2,1-7H3;17-18H,9-10H2,1-8H3;9H,8H2,1-5H3/t41-;;20-;/m1.1./s1. The minimum absolute atomic E-state index is 0.0259. The third kappa shape index (κ3) is 76.1. The van der Waals surface area contributed by atoms with E-state index in [4.69, 9.17) is 132 Å². The average molecular weight is 1790 g/mol. The first-order valence-corrected chi connectivity index (χ1v) is 79.4. The fourth-order valence-electron chi connectivity index (χ4n) is 10.7. The molecule has 0 saturated carbocycles. The highest BCUT2D eigenvalue weighted by molar-refractivity contribution is 6.90. The van der Waals surface area contributed by atoms with Crippen molar-refractivity contribution in [3.8, 4) is 0 Å². The molecule has 0 heterocycles. The summed E-state index contributed by atoms with van der Waals surface area (Å²) in [6.07, 6.45) is 6.00. The largest absolute Gasteiger partial charge is 0.492 e. The summed E-state index contributed by atoms with van der Waals surface area (Å²) in [6, 6.07) is 4.56. The number of methoxy groups -OCH3 is 1. The maximum atomic E-state index is 8.97. The van der Waals surface area contributed by atoms with E-state index in [9.17, 15) is 0 Å². The summed E-state index contributed by atoms with van der Waals surface area (Å²) in [5.41, 5.74) is 0. The zero-order valence-corrected chi connectivity index (χ0v) is 87.6. The van der Waals surface area contributed by atoms with Gasteiger partial charge in [-0.3, -0.25) is 0 Å².